The van der Waals surface area contributed by atoms with Crippen molar-refractivity contribution in [1.29, 1.82) is 0 Å². The maximum absolute atomic E-state index is 13.0. The van der Waals surface area contributed by atoms with Gasteiger partial charge in [-0.05, 0) is 54.4 Å². The Morgan fingerprint density at radius 2 is 1.64 bits per heavy atom. The van der Waals surface area contributed by atoms with Crippen LogP contribution in [0.15, 0.2) is 77.7 Å². The van der Waals surface area contributed by atoms with Crippen molar-refractivity contribution in [2.75, 3.05) is 5.32 Å². The molecule has 3 aromatic rings. The number of carbonyl (C=O) groups excluding carboxylic acids is 1. The minimum atomic E-state index is -3.80. The Hall–Kier alpha value is -3.03. The number of carbonyl (C=O) groups is 1. The van der Waals surface area contributed by atoms with E-state index in [9.17, 15) is 17.6 Å². The normalized spacial score (nSPS) is 11.2. The SMILES string of the molecule is Cc1ccc(C(=O)Nc2ccc(F)cc2)cc1S(=O)(=O)NCc1ccccc1. The van der Waals surface area contributed by atoms with Crippen LogP contribution in [-0.4, -0.2) is 14.3 Å². The summed E-state index contributed by atoms with van der Waals surface area (Å²) in [6.45, 7) is 1.81. The van der Waals surface area contributed by atoms with Crippen LogP contribution in [0.25, 0.3) is 0 Å². The smallest absolute Gasteiger partial charge is 0.255 e. The molecule has 1 amide bonds. The molecule has 3 aromatic carbocycles. The molecule has 28 heavy (non-hydrogen) atoms. The lowest BCUT2D eigenvalue weighted by Crippen LogP contribution is -2.24. The topological polar surface area (TPSA) is 75.3 Å². The molecule has 0 fully saturated rings. The summed E-state index contributed by atoms with van der Waals surface area (Å²) in [5, 5.41) is 2.62. The van der Waals surface area contributed by atoms with Crippen LogP contribution >= 0.6 is 0 Å². The highest BCUT2D eigenvalue weighted by Crippen LogP contribution is 2.19. The maximum Gasteiger partial charge on any atom is 0.255 e. The van der Waals surface area contributed by atoms with Crippen molar-refractivity contribution in [2.24, 2.45) is 0 Å². The molecular formula is C21H19FN2O3S. The molecule has 0 aromatic heterocycles. The fourth-order valence-electron chi connectivity index (χ4n) is 2.62. The van der Waals surface area contributed by atoms with Crippen LogP contribution in [0.1, 0.15) is 21.5 Å². The molecule has 0 aliphatic carbocycles. The van der Waals surface area contributed by atoms with E-state index in [4.69, 9.17) is 0 Å². The molecule has 0 saturated heterocycles. The molecule has 7 heteroatoms. The summed E-state index contributed by atoms with van der Waals surface area (Å²) < 4.78 is 41.0. The third kappa shape index (κ3) is 4.82. The number of nitrogens with one attached hydrogen (secondary N) is 2. The van der Waals surface area contributed by atoms with Gasteiger partial charge in [0.2, 0.25) is 10.0 Å². The molecule has 0 bridgehead atoms. The second-order valence-corrected chi connectivity index (χ2v) is 7.99. The van der Waals surface area contributed by atoms with Gasteiger partial charge in [-0.1, -0.05) is 36.4 Å². The van der Waals surface area contributed by atoms with Crippen molar-refractivity contribution in [1.82, 2.24) is 4.72 Å². The number of rotatable bonds is 6. The number of aryl methyl sites for hydroxylation is 1. The van der Waals surface area contributed by atoms with E-state index in [1.807, 2.05) is 30.3 Å². The molecule has 144 valence electrons. The van der Waals surface area contributed by atoms with E-state index in [1.54, 1.807) is 19.1 Å². The number of hydrogen-bond donors (Lipinski definition) is 2. The first-order chi connectivity index (χ1) is 13.3. The van der Waals surface area contributed by atoms with Gasteiger partial charge in [0.25, 0.3) is 5.91 Å². The Morgan fingerprint density at radius 3 is 2.32 bits per heavy atom. The lowest BCUT2D eigenvalue weighted by atomic mass is 10.1. The fourth-order valence-corrected chi connectivity index (χ4v) is 3.91. The largest absolute Gasteiger partial charge is 0.322 e. The third-order valence-corrected chi connectivity index (χ3v) is 5.69. The van der Waals surface area contributed by atoms with Gasteiger partial charge in [-0.15, -0.1) is 0 Å². The maximum atomic E-state index is 13.0. The van der Waals surface area contributed by atoms with E-state index >= 15 is 0 Å². The number of anilines is 1. The molecule has 0 aliphatic heterocycles. The van der Waals surface area contributed by atoms with Crippen LogP contribution < -0.4 is 10.0 Å². The monoisotopic (exact) mass is 398 g/mol. The van der Waals surface area contributed by atoms with Gasteiger partial charge in [0.1, 0.15) is 5.82 Å². The highest BCUT2D eigenvalue weighted by atomic mass is 32.2. The average molecular weight is 398 g/mol. The molecule has 0 heterocycles. The minimum Gasteiger partial charge on any atom is -0.322 e. The second kappa shape index (κ2) is 8.33. The number of hydrogen-bond acceptors (Lipinski definition) is 3. The minimum absolute atomic E-state index is 0.0372. The van der Waals surface area contributed by atoms with Crippen molar-refractivity contribution >= 4 is 21.6 Å². The van der Waals surface area contributed by atoms with Crippen LogP contribution in [0.5, 0.6) is 0 Å². The van der Waals surface area contributed by atoms with E-state index in [2.05, 4.69) is 10.0 Å². The van der Waals surface area contributed by atoms with Crippen molar-refractivity contribution < 1.29 is 17.6 Å². The Morgan fingerprint density at radius 1 is 0.964 bits per heavy atom. The predicted octanol–water partition coefficient (Wildman–Crippen LogP) is 3.86. The van der Waals surface area contributed by atoms with Crippen molar-refractivity contribution in [3.8, 4) is 0 Å². The van der Waals surface area contributed by atoms with Crippen LogP contribution in [0.2, 0.25) is 0 Å². The number of halogens is 1. The summed E-state index contributed by atoms with van der Waals surface area (Å²) in [5.74, 6) is -0.891. The van der Waals surface area contributed by atoms with Crippen molar-refractivity contribution in [3.05, 3.63) is 95.3 Å². The predicted molar refractivity (Wildman–Crippen MR) is 106 cm³/mol. The van der Waals surface area contributed by atoms with Gasteiger partial charge >= 0.3 is 0 Å². The highest BCUT2D eigenvalue weighted by molar-refractivity contribution is 7.89. The Balaban J connectivity index is 1.79. The summed E-state index contributed by atoms with van der Waals surface area (Å²) >= 11 is 0. The van der Waals surface area contributed by atoms with E-state index < -0.39 is 21.7 Å². The molecule has 0 radical (unpaired) electrons. The zero-order valence-electron chi connectivity index (χ0n) is 15.1. The first-order valence-electron chi connectivity index (χ1n) is 8.56. The fraction of sp³-hybridized carbons (Fsp3) is 0.0952. The van der Waals surface area contributed by atoms with Crippen molar-refractivity contribution in [3.63, 3.8) is 0 Å². The van der Waals surface area contributed by atoms with Crippen molar-refractivity contribution in [2.45, 2.75) is 18.4 Å². The molecule has 2 N–H and O–H groups in total. The molecule has 0 unspecified atom stereocenters. The number of benzene rings is 3. The van der Waals surface area contributed by atoms with Gasteiger partial charge in [0.05, 0.1) is 4.90 Å². The number of amides is 1. The molecule has 0 saturated carbocycles. The Bertz CT molecular complexity index is 1080. The molecule has 0 atom stereocenters. The van der Waals surface area contributed by atoms with E-state index in [0.29, 0.717) is 11.3 Å². The van der Waals surface area contributed by atoms with E-state index in [0.717, 1.165) is 5.56 Å². The first-order valence-corrected chi connectivity index (χ1v) is 10.0. The molecular weight excluding hydrogens is 379 g/mol. The number of sulfonamides is 1. The lowest BCUT2D eigenvalue weighted by molar-refractivity contribution is 0.102. The Kier molecular flexibility index (Phi) is 5.87. The van der Waals surface area contributed by atoms with Gasteiger partial charge in [0.15, 0.2) is 0 Å². The van der Waals surface area contributed by atoms with Gasteiger partial charge < -0.3 is 5.32 Å². The molecule has 3 rings (SSSR count). The molecule has 0 aliphatic rings. The summed E-state index contributed by atoms with van der Waals surface area (Å²) in [6.07, 6.45) is 0. The van der Waals surface area contributed by atoms with Crippen LogP contribution in [0.4, 0.5) is 10.1 Å². The molecule has 5 nitrogen and oxygen atoms in total. The van der Waals surface area contributed by atoms with Crippen LogP contribution in [-0.2, 0) is 16.6 Å². The zero-order chi connectivity index (χ0) is 20.1. The summed E-state index contributed by atoms with van der Waals surface area (Å²) in [5.41, 5.74) is 1.96. The summed E-state index contributed by atoms with van der Waals surface area (Å²) in [4.78, 5) is 12.5. The summed E-state index contributed by atoms with van der Waals surface area (Å²) in [7, 11) is -3.80. The first kappa shape index (κ1) is 19.7. The van der Waals surface area contributed by atoms with E-state index in [-0.39, 0.29) is 17.0 Å². The van der Waals surface area contributed by atoms with Gasteiger partial charge in [-0.25, -0.2) is 17.5 Å². The third-order valence-electron chi connectivity index (χ3n) is 4.15. The van der Waals surface area contributed by atoms with Crippen LogP contribution in [0, 0.1) is 12.7 Å². The van der Waals surface area contributed by atoms with Crippen LogP contribution in [0.3, 0.4) is 0 Å². The standard InChI is InChI=1S/C21H19FN2O3S/c1-15-7-8-17(21(25)24-19-11-9-18(22)10-12-19)13-20(15)28(26,27)23-14-16-5-3-2-4-6-16/h2-13,23H,14H2,1H3,(H,24,25). The highest BCUT2D eigenvalue weighted by Gasteiger charge is 2.19. The molecule has 0 spiro atoms. The quantitative estimate of drug-likeness (QED) is 0.662. The van der Waals surface area contributed by atoms with E-state index in [1.165, 1.54) is 30.3 Å². The average Bonchev–Trinajstić information content (AvgIpc) is 2.69. The van der Waals surface area contributed by atoms with Gasteiger partial charge in [-0.3, -0.25) is 4.79 Å². The Labute approximate surface area is 163 Å². The second-order valence-electron chi connectivity index (χ2n) is 6.25. The summed E-state index contributed by atoms with van der Waals surface area (Å²) in [6, 6.07) is 18.9. The zero-order valence-corrected chi connectivity index (χ0v) is 16.0. The van der Waals surface area contributed by atoms with Gasteiger partial charge in [-0.2, -0.15) is 0 Å². The lowest BCUT2D eigenvalue weighted by Gasteiger charge is -2.12. The van der Waals surface area contributed by atoms with Gasteiger partial charge in [0, 0.05) is 17.8 Å².